The Morgan fingerprint density at radius 2 is 1.25 bits per heavy atom. The standard InChI is InChI=1S/C55H76O3S/c1-8-10-12-14-17-21-35-55(36-22-18-15-13-11-9-2)50-38-44(41(3)4)28-32-48(50)49-33-29-46(39-51(49)55)54-45(40-52(59-54)42(5)6)24-20-16-19-23-37-58-47-30-25-43(26-31-47)27-34-53(56)57-7/h25-34,38-42H,8-24,35-37H2,1-7H3/b34-27+. The summed E-state index contributed by atoms with van der Waals surface area (Å²) in [5.74, 6) is 1.56. The molecule has 0 bridgehead atoms. The predicted molar refractivity (Wildman–Crippen MR) is 255 cm³/mol. The fraction of sp³-hybridized carbons (Fsp3) is 0.545. The third-order valence-electron chi connectivity index (χ3n) is 12.7. The van der Waals surface area contributed by atoms with Gasteiger partial charge in [0.15, 0.2) is 0 Å². The van der Waals surface area contributed by atoms with Crippen molar-refractivity contribution < 1.29 is 14.3 Å². The van der Waals surface area contributed by atoms with Crippen LogP contribution in [0, 0.1) is 0 Å². The van der Waals surface area contributed by atoms with E-state index in [1.165, 1.54) is 153 Å². The van der Waals surface area contributed by atoms with Crippen LogP contribution in [0.15, 0.2) is 72.8 Å². The van der Waals surface area contributed by atoms with E-state index in [1.807, 2.05) is 35.6 Å². The molecular formula is C55H76O3S. The Labute approximate surface area is 363 Å². The molecule has 1 aromatic heterocycles. The molecule has 4 heteroatoms. The van der Waals surface area contributed by atoms with Gasteiger partial charge in [0.1, 0.15) is 5.75 Å². The van der Waals surface area contributed by atoms with E-state index >= 15 is 0 Å². The van der Waals surface area contributed by atoms with Crippen LogP contribution in [0.5, 0.6) is 5.75 Å². The third kappa shape index (κ3) is 12.9. The van der Waals surface area contributed by atoms with Gasteiger partial charge in [0.2, 0.25) is 0 Å². The number of fused-ring (bicyclic) bond motifs is 3. The minimum Gasteiger partial charge on any atom is -0.494 e. The van der Waals surface area contributed by atoms with Crippen LogP contribution in [0.4, 0.5) is 0 Å². The molecule has 0 unspecified atom stereocenters. The number of hydrogen-bond donors (Lipinski definition) is 0. The Hall–Kier alpha value is -3.63. The van der Waals surface area contributed by atoms with Crippen molar-refractivity contribution in [3.8, 4) is 27.3 Å². The predicted octanol–water partition coefficient (Wildman–Crippen LogP) is 16.8. The molecule has 0 N–H and O–H groups in total. The second-order valence-electron chi connectivity index (χ2n) is 17.9. The van der Waals surface area contributed by atoms with Gasteiger partial charge in [-0.3, -0.25) is 0 Å². The van der Waals surface area contributed by atoms with Crippen LogP contribution in [-0.2, 0) is 21.4 Å². The van der Waals surface area contributed by atoms with Gasteiger partial charge in [-0.25, -0.2) is 4.79 Å². The lowest BCUT2D eigenvalue weighted by atomic mass is 9.70. The molecule has 0 amide bonds. The number of unbranched alkanes of at least 4 members (excludes halogenated alkanes) is 13. The molecule has 0 radical (unpaired) electrons. The number of benzene rings is 3. The summed E-state index contributed by atoms with van der Waals surface area (Å²) < 4.78 is 10.7. The summed E-state index contributed by atoms with van der Waals surface area (Å²) in [6.07, 6.45) is 27.5. The van der Waals surface area contributed by atoms with Gasteiger partial charge in [0, 0.05) is 21.2 Å². The fourth-order valence-electron chi connectivity index (χ4n) is 9.12. The summed E-state index contributed by atoms with van der Waals surface area (Å²) in [5, 5.41) is 0. The quantitative estimate of drug-likeness (QED) is 0.0342. The summed E-state index contributed by atoms with van der Waals surface area (Å²) in [6, 6.07) is 25.6. The van der Waals surface area contributed by atoms with E-state index in [2.05, 4.69) is 88.7 Å². The zero-order valence-corrected chi connectivity index (χ0v) is 38.8. The van der Waals surface area contributed by atoms with Gasteiger partial charge in [-0.1, -0.05) is 174 Å². The highest BCUT2D eigenvalue weighted by molar-refractivity contribution is 7.15. The number of rotatable bonds is 27. The highest BCUT2D eigenvalue weighted by Gasteiger charge is 2.42. The second kappa shape index (κ2) is 24.0. The molecule has 5 rings (SSSR count). The van der Waals surface area contributed by atoms with Crippen LogP contribution in [0.1, 0.15) is 202 Å². The Balaban J connectivity index is 1.32. The fourth-order valence-corrected chi connectivity index (χ4v) is 10.3. The van der Waals surface area contributed by atoms with E-state index in [1.54, 1.807) is 17.2 Å². The number of ether oxygens (including phenoxy) is 2. The second-order valence-corrected chi connectivity index (χ2v) is 19.0. The molecule has 0 saturated heterocycles. The molecule has 59 heavy (non-hydrogen) atoms. The minimum absolute atomic E-state index is 0.0883. The highest BCUT2D eigenvalue weighted by atomic mass is 32.1. The average Bonchev–Trinajstić information content (AvgIpc) is 3.79. The molecule has 0 atom stereocenters. The molecule has 1 aliphatic carbocycles. The maximum absolute atomic E-state index is 11.4. The van der Waals surface area contributed by atoms with Crippen LogP contribution in [0.3, 0.4) is 0 Å². The zero-order chi connectivity index (χ0) is 42.0. The molecule has 320 valence electrons. The lowest BCUT2D eigenvalue weighted by Gasteiger charge is -2.33. The molecule has 0 saturated carbocycles. The van der Waals surface area contributed by atoms with E-state index in [-0.39, 0.29) is 11.4 Å². The number of methoxy groups -OCH3 is 1. The zero-order valence-electron chi connectivity index (χ0n) is 37.9. The largest absolute Gasteiger partial charge is 0.494 e. The maximum Gasteiger partial charge on any atom is 0.330 e. The van der Waals surface area contributed by atoms with Crippen molar-refractivity contribution in [1.29, 1.82) is 0 Å². The molecule has 0 aliphatic heterocycles. The lowest BCUT2D eigenvalue weighted by molar-refractivity contribution is -0.134. The Morgan fingerprint density at radius 3 is 1.88 bits per heavy atom. The minimum atomic E-state index is -0.352. The smallest absolute Gasteiger partial charge is 0.330 e. The Bertz CT molecular complexity index is 1880. The van der Waals surface area contributed by atoms with Crippen LogP contribution >= 0.6 is 11.3 Å². The van der Waals surface area contributed by atoms with E-state index in [4.69, 9.17) is 4.74 Å². The number of hydrogen-bond acceptors (Lipinski definition) is 4. The summed E-state index contributed by atoms with van der Waals surface area (Å²) in [4.78, 5) is 14.4. The first-order valence-corrected chi connectivity index (χ1v) is 24.4. The molecule has 1 aliphatic rings. The SMILES string of the molecule is CCCCCCCCC1(CCCCCCCC)c2cc(-c3sc(C(C)C)cc3CCCCCCOc3ccc(/C=C/C(=O)OC)cc3)ccc2-c2ccc(C(C)C)cc21. The number of carbonyl (C=O) groups excluding carboxylic acids is 1. The number of aryl methyl sites for hydroxylation is 1. The van der Waals surface area contributed by atoms with Crippen molar-refractivity contribution >= 4 is 23.4 Å². The molecule has 3 nitrogen and oxygen atoms in total. The Morgan fingerprint density at radius 1 is 0.661 bits per heavy atom. The van der Waals surface area contributed by atoms with Crippen molar-refractivity contribution in [2.24, 2.45) is 0 Å². The maximum atomic E-state index is 11.4. The van der Waals surface area contributed by atoms with E-state index < -0.39 is 0 Å². The van der Waals surface area contributed by atoms with Gasteiger partial charge >= 0.3 is 5.97 Å². The summed E-state index contributed by atoms with van der Waals surface area (Å²) in [6.45, 7) is 14.8. The molecule has 0 spiro atoms. The van der Waals surface area contributed by atoms with Gasteiger partial charge in [-0.2, -0.15) is 0 Å². The molecule has 4 aromatic rings. The third-order valence-corrected chi connectivity index (χ3v) is 14.3. The van der Waals surface area contributed by atoms with Crippen molar-refractivity contribution in [3.05, 3.63) is 106 Å². The average molecular weight is 817 g/mol. The van der Waals surface area contributed by atoms with Gasteiger partial charge in [-0.15, -0.1) is 11.3 Å². The number of carbonyl (C=O) groups is 1. The van der Waals surface area contributed by atoms with Crippen LogP contribution in [0.2, 0.25) is 0 Å². The van der Waals surface area contributed by atoms with E-state index in [0.717, 1.165) is 30.6 Å². The first kappa shape index (κ1) is 46.4. The van der Waals surface area contributed by atoms with Gasteiger partial charge in [-0.05, 0) is 119 Å². The Kier molecular flexibility index (Phi) is 18.9. The van der Waals surface area contributed by atoms with E-state index in [0.29, 0.717) is 18.4 Å². The molecule has 0 fully saturated rings. The first-order chi connectivity index (χ1) is 28.7. The van der Waals surface area contributed by atoms with Crippen molar-refractivity contribution in [2.75, 3.05) is 13.7 Å². The van der Waals surface area contributed by atoms with Crippen LogP contribution in [-0.4, -0.2) is 19.7 Å². The summed E-state index contributed by atoms with van der Waals surface area (Å²) >= 11 is 2.04. The van der Waals surface area contributed by atoms with Gasteiger partial charge in [0.25, 0.3) is 0 Å². The number of thiophene rings is 1. The lowest BCUT2D eigenvalue weighted by Crippen LogP contribution is -2.26. The topological polar surface area (TPSA) is 35.5 Å². The summed E-state index contributed by atoms with van der Waals surface area (Å²) in [5.41, 5.74) is 11.7. The molecule has 1 heterocycles. The molecular weight excluding hydrogens is 741 g/mol. The summed E-state index contributed by atoms with van der Waals surface area (Å²) in [7, 11) is 1.39. The monoisotopic (exact) mass is 817 g/mol. The number of esters is 1. The van der Waals surface area contributed by atoms with Gasteiger partial charge in [0.05, 0.1) is 13.7 Å². The van der Waals surface area contributed by atoms with Gasteiger partial charge < -0.3 is 9.47 Å². The van der Waals surface area contributed by atoms with Crippen molar-refractivity contribution in [1.82, 2.24) is 0 Å². The normalized spacial score (nSPS) is 13.1. The van der Waals surface area contributed by atoms with Crippen LogP contribution in [0.25, 0.3) is 27.6 Å². The van der Waals surface area contributed by atoms with Crippen molar-refractivity contribution in [3.63, 3.8) is 0 Å². The molecule has 3 aromatic carbocycles. The van der Waals surface area contributed by atoms with Crippen LogP contribution < -0.4 is 4.74 Å². The van der Waals surface area contributed by atoms with E-state index in [9.17, 15) is 4.79 Å². The highest BCUT2D eigenvalue weighted by Crippen LogP contribution is 2.56. The first-order valence-electron chi connectivity index (χ1n) is 23.6. The van der Waals surface area contributed by atoms with Crippen molar-refractivity contribution in [2.45, 2.75) is 181 Å².